The number of hydrogen-bond donors (Lipinski definition) is 0. The molecule has 2 aromatic rings. The fraction of sp³-hybridized carbons (Fsp3) is 0.500. The number of benzene rings is 1. The smallest absolute Gasteiger partial charge is 0.372 e. The van der Waals surface area contributed by atoms with E-state index in [1.807, 2.05) is 13.8 Å². The van der Waals surface area contributed by atoms with E-state index in [0.717, 1.165) is 16.9 Å². The Morgan fingerprint density at radius 1 is 1.27 bits per heavy atom. The first-order valence-corrected chi connectivity index (χ1v) is 8.11. The monoisotopic (exact) mass is 369 g/mol. The van der Waals surface area contributed by atoms with Crippen LogP contribution in [0.3, 0.4) is 0 Å². The van der Waals surface area contributed by atoms with E-state index in [0.29, 0.717) is 13.1 Å². The van der Waals surface area contributed by atoms with E-state index < -0.39 is 11.7 Å². The fourth-order valence-electron chi connectivity index (χ4n) is 2.86. The lowest BCUT2D eigenvalue weighted by molar-refractivity contribution is -0.144. The number of alkyl halides is 3. The van der Waals surface area contributed by atoms with Crippen LogP contribution < -0.4 is 0 Å². The average Bonchev–Trinajstić information content (AvgIpc) is 3.02. The molecule has 3 rings (SSSR count). The standard InChI is InChI=1S/C16H18F3N5O2/c1-10-7-23(8-11(2)26-10)14(25)9-24-21-15(20-22-24)12-4-3-5-13(6-12)16(17,18)19/h3-6,10-11H,7-9H2,1-2H3/t10-,11-/m0/s1. The topological polar surface area (TPSA) is 73.1 Å². The van der Waals surface area contributed by atoms with Crippen molar-refractivity contribution in [3.63, 3.8) is 0 Å². The maximum atomic E-state index is 12.8. The van der Waals surface area contributed by atoms with Crippen molar-refractivity contribution in [3.8, 4) is 11.4 Å². The molecule has 1 amide bonds. The second-order valence-electron chi connectivity index (χ2n) is 6.28. The van der Waals surface area contributed by atoms with E-state index in [4.69, 9.17) is 4.74 Å². The van der Waals surface area contributed by atoms with Crippen LogP contribution in [0, 0.1) is 0 Å². The van der Waals surface area contributed by atoms with Gasteiger partial charge < -0.3 is 9.64 Å². The van der Waals surface area contributed by atoms with Crippen LogP contribution in [-0.4, -0.2) is 56.3 Å². The van der Waals surface area contributed by atoms with Crippen LogP contribution in [0.25, 0.3) is 11.4 Å². The van der Waals surface area contributed by atoms with Gasteiger partial charge >= 0.3 is 6.18 Å². The van der Waals surface area contributed by atoms with E-state index in [-0.39, 0.29) is 36.0 Å². The molecule has 2 atom stereocenters. The van der Waals surface area contributed by atoms with Gasteiger partial charge in [-0.05, 0) is 31.2 Å². The quantitative estimate of drug-likeness (QED) is 0.827. The van der Waals surface area contributed by atoms with Crippen LogP contribution in [0.5, 0.6) is 0 Å². The zero-order valence-corrected chi connectivity index (χ0v) is 14.3. The summed E-state index contributed by atoms with van der Waals surface area (Å²) in [6.07, 6.45) is -4.58. The molecule has 1 aliphatic rings. The summed E-state index contributed by atoms with van der Waals surface area (Å²) in [5.74, 6) is -0.160. The second kappa shape index (κ2) is 7.02. The summed E-state index contributed by atoms with van der Waals surface area (Å²) in [4.78, 5) is 15.1. The molecule has 0 unspecified atom stereocenters. The summed E-state index contributed by atoms with van der Waals surface area (Å²) < 4.78 is 44.0. The largest absolute Gasteiger partial charge is 0.416 e. The van der Waals surface area contributed by atoms with Crippen molar-refractivity contribution in [2.75, 3.05) is 13.1 Å². The molecular weight excluding hydrogens is 351 g/mol. The molecule has 7 nitrogen and oxygen atoms in total. The molecular formula is C16H18F3N5O2. The van der Waals surface area contributed by atoms with Gasteiger partial charge in [0.25, 0.3) is 0 Å². The normalized spacial score (nSPS) is 21.0. The zero-order valence-electron chi connectivity index (χ0n) is 14.3. The highest BCUT2D eigenvalue weighted by molar-refractivity contribution is 5.76. The third-order valence-corrected chi connectivity index (χ3v) is 3.95. The molecule has 26 heavy (non-hydrogen) atoms. The lowest BCUT2D eigenvalue weighted by atomic mass is 10.1. The molecule has 2 heterocycles. The first kappa shape index (κ1) is 18.3. The Kier molecular flexibility index (Phi) is 4.94. The summed E-state index contributed by atoms with van der Waals surface area (Å²) in [5.41, 5.74) is -0.606. The number of carbonyl (C=O) groups excluding carboxylic acids is 1. The number of carbonyl (C=O) groups is 1. The van der Waals surface area contributed by atoms with Crippen molar-refractivity contribution in [1.29, 1.82) is 0 Å². The van der Waals surface area contributed by atoms with E-state index in [2.05, 4.69) is 15.4 Å². The predicted molar refractivity (Wildman–Crippen MR) is 84.8 cm³/mol. The SMILES string of the molecule is C[C@H]1CN(C(=O)Cn2nnc(-c3cccc(C(F)(F)F)c3)n2)C[C@H](C)O1. The van der Waals surface area contributed by atoms with Crippen molar-refractivity contribution in [2.24, 2.45) is 0 Å². The summed E-state index contributed by atoms with van der Waals surface area (Å²) in [6, 6.07) is 4.66. The highest BCUT2D eigenvalue weighted by Crippen LogP contribution is 2.31. The Labute approximate surface area is 147 Å². The molecule has 1 aromatic carbocycles. The summed E-state index contributed by atoms with van der Waals surface area (Å²) in [5, 5.41) is 11.6. The van der Waals surface area contributed by atoms with E-state index in [9.17, 15) is 18.0 Å². The van der Waals surface area contributed by atoms with Gasteiger partial charge in [0.1, 0.15) is 6.54 Å². The average molecular weight is 369 g/mol. The van der Waals surface area contributed by atoms with Gasteiger partial charge in [0.15, 0.2) is 0 Å². The van der Waals surface area contributed by atoms with Crippen LogP contribution in [0.1, 0.15) is 19.4 Å². The van der Waals surface area contributed by atoms with E-state index in [1.54, 1.807) is 4.90 Å². The Morgan fingerprint density at radius 2 is 1.96 bits per heavy atom. The van der Waals surface area contributed by atoms with Gasteiger partial charge in [0, 0.05) is 18.7 Å². The van der Waals surface area contributed by atoms with Crippen molar-refractivity contribution < 1.29 is 22.7 Å². The van der Waals surface area contributed by atoms with Crippen LogP contribution in [0.15, 0.2) is 24.3 Å². The summed E-state index contributed by atoms with van der Waals surface area (Å²) in [7, 11) is 0. The van der Waals surface area contributed by atoms with Gasteiger partial charge in [0.05, 0.1) is 17.8 Å². The number of morpholine rings is 1. The van der Waals surface area contributed by atoms with Crippen molar-refractivity contribution >= 4 is 5.91 Å². The molecule has 1 aromatic heterocycles. The fourth-order valence-corrected chi connectivity index (χ4v) is 2.86. The second-order valence-corrected chi connectivity index (χ2v) is 6.28. The number of ether oxygens (including phenoxy) is 1. The van der Waals surface area contributed by atoms with Crippen molar-refractivity contribution in [2.45, 2.75) is 38.8 Å². The van der Waals surface area contributed by atoms with Crippen LogP contribution in [-0.2, 0) is 22.3 Å². The number of amides is 1. The number of rotatable bonds is 3. The first-order chi connectivity index (χ1) is 12.2. The molecule has 0 aliphatic carbocycles. The Morgan fingerprint density at radius 3 is 2.62 bits per heavy atom. The van der Waals surface area contributed by atoms with Gasteiger partial charge in [-0.25, -0.2) is 0 Å². The van der Waals surface area contributed by atoms with Crippen LogP contribution >= 0.6 is 0 Å². The molecule has 1 aliphatic heterocycles. The van der Waals surface area contributed by atoms with Crippen molar-refractivity contribution in [1.82, 2.24) is 25.1 Å². The number of hydrogen-bond acceptors (Lipinski definition) is 5. The third kappa shape index (κ3) is 4.18. The molecule has 10 heteroatoms. The molecule has 1 fully saturated rings. The number of halogens is 3. The predicted octanol–water partition coefficient (Wildman–Crippen LogP) is 1.99. The Balaban J connectivity index is 1.71. The molecule has 0 bridgehead atoms. The Hall–Kier alpha value is -2.49. The van der Waals surface area contributed by atoms with Gasteiger partial charge in [-0.1, -0.05) is 12.1 Å². The zero-order chi connectivity index (χ0) is 18.9. The lowest BCUT2D eigenvalue weighted by Crippen LogP contribution is -2.49. The molecule has 1 saturated heterocycles. The van der Waals surface area contributed by atoms with E-state index in [1.165, 1.54) is 12.1 Å². The van der Waals surface area contributed by atoms with Gasteiger partial charge in [-0.3, -0.25) is 4.79 Å². The molecule has 0 radical (unpaired) electrons. The number of tetrazole rings is 1. The van der Waals surface area contributed by atoms with Crippen LogP contribution in [0.4, 0.5) is 13.2 Å². The van der Waals surface area contributed by atoms with Gasteiger partial charge in [-0.2, -0.15) is 18.0 Å². The highest BCUT2D eigenvalue weighted by Gasteiger charge is 2.31. The minimum atomic E-state index is -4.45. The molecule has 0 saturated carbocycles. The lowest BCUT2D eigenvalue weighted by Gasteiger charge is -2.35. The van der Waals surface area contributed by atoms with Crippen LogP contribution in [0.2, 0.25) is 0 Å². The molecule has 0 N–H and O–H groups in total. The summed E-state index contributed by atoms with van der Waals surface area (Å²) >= 11 is 0. The molecule has 0 spiro atoms. The third-order valence-electron chi connectivity index (χ3n) is 3.95. The highest BCUT2D eigenvalue weighted by atomic mass is 19.4. The minimum absolute atomic E-state index is 0.0348. The van der Waals surface area contributed by atoms with Gasteiger partial charge in [0.2, 0.25) is 11.7 Å². The maximum Gasteiger partial charge on any atom is 0.416 e. The minimum Gasteiger partial charge on any atom is -0.372 e. The first-order valence-electron chi connectivity index (χ1n) is 8.11. The maximum absolute atomic E-state index is 12.8. The number of aromatic nitrogens is 4. The van der Waals surface area contributed by atoms with E-state index >= 15 is 0 Å². The Bertz CT molecular complexity index is 782. The summed E-state index contributed by atoms with van der Waals surface area (Å²) in [6.45, 7) is 4.58. The number of nitrogens with zero attached hydrogens (tertiary/aromatic N) is 5. The van der Waals surface area contributed by atoms with Gasteiger partial charge in [-0.15, -0.1) is 10.2 Å². The van der Waals surface area contributed by atoms with Crippen molar-refractivity contribution in [3.05, 3.63) is 29.8 Å². The molecule has 140 valence electrons.